The molecule has 0 spiro atoms. The van der Waals surface area contributed by atoms with Gasteiger partial charge in [-0.15, -0.1) is 0 Å². The number of nitrogen functional groups attached to an aromatic ring is 1. The molecule has 5 heteroatoms. The first-order valence-corrected chi connectivity index (χ1v) is 5.02. The highest BCUT2D eigenvalue weighted by atomic mass is 16.5. The van der Waals surface area contributed by atoms with Crippen molar-refractivity contribution in [2.24, 2.45) is 5.73 Å². The molecule has 0 unspecified atom stereocenters. The number of nitrogens with zero attached hydrogens (tertiary/aromatic N) is 1. The molecule has 88 valence electrons. The third-order valence-corrected chi connectivity index (χ3v) is 2.53. The molecule has 0 bridgehead atoms. The van der Waals surface area contributed by atoms with Crippen molar-refractivity contribution in [1.29, 1.82) is 5.41 Å². The van der Waals surface area contributed by atoms with E-state index in [2.05, 4.69) is 4.98 Å². The lowest BCUT2D eigenvalue weighted by molar-refractivity contribution is 0.398. The van der Waals surface area contributed by atoms with Crippen LogP contribution in [-0.4, -0.2) is 25.0 Å². The molecule has 0 aliphatic carbocycles. The molecule has 0 radical (unpaired) electrons. The van der Waals surface area contributed by atoms with Gasteiger partial charge in [-0.25, -0.2) is 0 Å². The number of nitrogens with one attached hydrogen (secondary N) is 1. The SMILES string of the molecule is COc1cc(OC)c2ccnc(C(=N)N)c2c1. The average molecular weight is 231 g/mol. The Kier molecular flexibility index (Phi) is 2.82. The molecule has 2 aromatic rings. The van der Waals surface area contributed by atoms with Crippen molar-refractivity contribution >= 4 is 16.6 Å². The monoisotopic (exact) mass is 231 g/mol. The molecule has 2 rings (SSSR count). The van der Waals surface area contributed by atoms with Gasteiger partial charge in [0, 0.05) is 23.0 Å². The van der Waals surface area contributed by atoms with Gasteiger partial charge in [0.25, 0.3) is 0 Å². The molecule has 0 aliphatic heterocycles. The summed E-state index contributed by atoms with van der Waals surface area (Å²) in [5.74, 6) is 1.24. The molecule has 1 aromatic carbocycles. The van der Waals surface area contributed by atoms with Crippen molar-refractivity contribution in [1.82, 2.24) is 4.98 Å². The zero-order valence-corrected chi connectivity index (χ0v) is 9.65. The summed E-state index contributed by atoms with van der Waals surface area (Å²) >= 11 is 0. The summed E-state index contributed by atoms with van der Waals surface area (Å²) in [6.45, 7) is 0. The Morgan fingerprint density at radius 1 is 1.24 bits per heavy atom. The number of amidine groups is 1. The number of hydrogen-bond acceptors (Lipinski definition) is 4. The van der Waals surface area contributed by atoms with E-state index in [1.807, 2.05) is 6.07 Å². The first-order valence-electron chi connectivity index (χ1n) is 5.02. The van der Waals surface area contributed by atoms with Gasteiger partial charge < -0.3 is 15.2 Å². The Morgan fingerprint density at radius 2 is 2.00 bits per heavy atom. The number of methoxy groups -OCH3 is 2. The van der Waals surface area contributed by atoms with Gasteiger partial charge in [-0.1, -0.05) is 0 Å². The predicted octanol–water partition coefficient (Wildman–Crippen LogP) is 1.54. The van der Waals surface area contributed by atoms with E-state index in [-0.39, 0.29) is 5.84 Å². The number of hydrogen-bond donors (Lipinski definition) is 2. The first kappa shape index (κ1) is 11.2. The predicted molar refractivity (Wildman–Crippen MR) is 65.9 cm³/mol. The molecule has 5 nitrogen and oxygen atoms in total. The third kappa shape index (κ3) is 1.87. The molecule has 0 saturated carbocycles. The van der Waals surface area contributed by atoms with E-state index in [0.29, 0.717) is 17.2 Å². The molecule has 17 heavy (non-hydrogen) atoms. The number of benzene rings is 1. The average Bonchev–Trinajstić information content (AvgIpc) is 2.36. The Labute approximate surface area is 98.7 Å². The molecule has 0 atom stereocenters. The third-order valence-electron chi connectivity index (χ3n) is 2.53. The maximum absolute atomic E-state index is 7.51. The molecule has 0 amide bonds. The summed E-state index contributed by atoms with van der Waals surface area (Å²) in [7, 11) is 3.16. The molecule has 0 saturated heterocycles. The van der Waals surface area contributed by atoms with Crippen molar-refractivity contribution in [3.05, 3.63) is 30.1 Å². The normalized spacial score (nSPS) is 10.2. The summed E-state index contributed by atoms with van der Waals surface area (Å²) < 4.78 is 10.5. The lowest BCUT2D eigenvalue weighted by Crippen LogP contribution is -2.13. The molecule has 0 fully saturated rings. The first-order chi connectivity index (χ1) is 8.17. The Balaban J connectivity index is 2.84. The Hall–Kier alpha value is -2.30. The number of rotatable bonds is 3. The van der Waals surface area contributed by atoms with Crippen LogP contribution in [-0.2, 0) is 0 Å². The fourth-order valence-corrected chi connectivity index (χ4v) is 1.73. The molecular weight excluding hydrogens is 218 g/mol. The summed E-state index contributed by atoms with van der Waals surface area (Å²) in [6.07, 6.45) is 1.61. The fourth-order valence-electron chi connectivity index (χ4n) is 1.73. The molecule has 1 aromatic heterocycles. The smallest absolute Gasteiger partial charge is 0.142 e. The van der Waals surface area contributed by atoms with E-state index in [4.69, 9.17) is 20.6 Å². The van der Waals surface area contributed by atoms with Crippen LogP contribution in [0.5, 0.6) is 11.5 Å². The summed E-state index contributed by atoms with van der Waals surface area (Å²) in [4.78, 5) is 4.10. The van der Waals surface area contributed by atoms with E-state index in [1.54, 1.807) is 32.5 Å². The second-order valence-corrected chi connectivity index (χ2v) is 3.50. The van der Waals surface area contributed by atoms with Crippen LogP contribution in [0, 0.1) is 5.41 Å². The molecule has 1 heterocycles. The fraction of sp³-hybridized carbons (Fsp3) is 0.167. The second-order valence-electron chi connectivity index (χ2n) is 3.50. The topological polar surface area (TPSA) is 81.2 Å². The van der Waals surface area contributed by atoms with Gasteiger partial charge in [-0.2, -0.15) is 0 Å². The van der Waals surface area contributed by atoms with Gasteiger partial charge in [0.05, 0.1) is 14.2 Å². The standard InChI is InChI=1S/C12H13N3O2/c1-16-7-5-9-8(10(6-7)17-2)3-4-15-11(9)12(13)14/h3-6H,1-2H3,(H3,13,14). The summed E-state index contributed by atoms with van der Waals surface area (Å²) in [6, 6.07) is 5.40. The van der Waals surface area contributed by atoms with Crippen LogP contribution in [0.2, 0.25) is 0 Å². The maximum Gasteiger partial charge on any atom is 0.142 e. The van der Waals surface area contributed by atoms with E-state index < -0.39 is 0 Å². The highest BCUT2D eigenvalue weighted by molar-refractivity contribution is 6.07. The van der Waals surface area contributed by atoms with Crippen LogP contribution in [0.4, 0.5) is 0 Å². The van der Waals surface area contributed by atoms with E-state index in [0.717, 1.165) is 10.8 Å². The minimum Gasteiger partial charge on any atom is -0.497 e. The van der Waals surface area contributed by atoms with Crippen molar-refractivity contribution < 1.29 is 9.47 Å². The maximum atomic E-state index is 7.51. The Bertz CT molecular complexity index is 581. The molecule has 0 aliphatic rings. The van der Waals surface area contributed by atoms with Gasteiger partial charge in [-0.05, 0) is 12.1 Å². The highest BCUT2D eigenvalue weighted by Crippen LogP contribution is 2.31. The number of fused-ring (bicyclic) bond motifs is 1. The van der Waals surface area contributed by atoms with Crippen LogP contribution >= 0.6 is 0 Å². The summed E-state index contributed by atoms with van der Waals surface area (Å²) in [5.41, 5.74) is 5.93. The minimum absolute atomic E-state index is 0.0779. The van der Waals surface area contributed by atoms with Gasteiger partial charge in [0.1, 0.15) is 23.0 Å². The number of ether oxygens (including phenoxy) is 2. The number of nitrogens with two attached hydrogens (primary N) is 1. The molecule has 3 N–H and O–H groups in total. The van der Waals surface area contributed by atoms with Crippen LogP contribution in [0.1, 0.15) is 5.69 Å². The number of pyridine rings is 1. The quantitative estimate of drug-likeness (QED) is 0.620. The van der Waals surface area contributed by atoms with Gasteiger partial charge in [0.2, 0.25) is 0 Å². The van der Waals surface area contributed by atoms with Crippen molar-refractivity contribution in [3.63, 3.8) is 0 Å². The van der Waals surface area contributed by atoms with Crippen LogP contribution < -0.4 is 15.2 Å². The van der Waals surface area contributed by atoms with Gasteiger partial charge in [0.15, 0.2) is 0 Å². The van der Waals surface area contributed by atoms with E-state index in [1.165, 1.54) is 0 Å². The van der Waals surface area contributed by atoms with Crippen LogP contribution in [0.15, 0.2) is 24.4 Å². The van der Waals surface area contributed by atoms with Gasteiger partial charge >= 0.3 is 0 Å². The van der Waals surface area contributed by atoms with Crippen molar-refractivity contribution in [2.75, 3.05) is 14.2 Å². The van der Waals surface area contributed by atoms with Crippen LogP contribution in [0.3, 0.4) is 0 Å². The minimum atomic E-state index is -0.0779. The van der Waals surface area contributed by atoms with E-state index in [9.17, 15) is 0 Å². The lowest BCUT2D eigenvalue weighted by atomic mass is 10.1. The highest BCUT2D eigenvalue weighted by Gasteiger charge is 2.11. The van der Waals surface area contributed by atoms with Crippen molar-refractivity contribution in [3.8, 4) is 11.5 Å². The van der Waals surface area contributed by atoms with Gasteiger partial charge in [-0.3, -0.25) is 10.4 Å². The van der Waals surface area contributed by atoms with Crippen molar-refractivity contribution in [2.45, 2.75) is 0 Å². The Morgan fingerprint density at radius 3 is 2.59 bits per heavy atom. The van der Waals surface area contributed by atoms with Crippen LogP contribution in [0.25, 0.3) is 10.8 Å². The summed E-state index contributed by atoms with van der Waals surface area (Å²) in [5, 5.41) is 9.11. The number of aromatic nitrogens is 1. The molecular formula is C12H13N3O2. The second kappa shape index (κ2) is 4.29. The van der Waals surface area contributed by atoms with E-state index >= 15 is 0 Å². The zero-order chi connectivity index (χ0) is 12.4. The zero-order valence-electron chi connectivity index (χ0n) is 9.65. The largest absolute Gasteiger partial charge is 0.497 e. The lowest BCUT2D eigenvalue weighted by Gasteiger charge is -2.10.